The van der Waals surface area contributed by atoms with Gasteiger partial charge in [0, 0.05) is 18.0 Å². The molecular formula is C12H15ClN2O. The van der Waals surface area contributed by atoms with Crippen molar-refractivity contribution in [3.63, 3.8) is 0 Å². The van der Waals surface area contributed by atoms with E-state index in [0.717, 1.165) is 16.3 Å². The van der Waals surface area contributed by atoms with E-state index in [0.29, 0.717) is 6.54 Å². The van der Waals surface area contributed by atoms with Crippen molar-refractivity contribution in [2.75, 3.05) is 6.54 Å². The van der Waals surface area contributed by atoms with Gasteiger partial charge in [-0.1, -0.05) is 30.3 Å². The molecule has 0 saturated heterocycles. The minimum atomic E-state index is -0.185. The summed E-state index contributed by atoms with van der Waals surface area (Å²) in [6.07, 6.45) is 0. The number of phenols is 1. The molecule has 0 fully saturated rings. The first-order chi connectivity index (χ1) is 7.24. The number of halogens is 1. The zero-order valence-corrected chi connectivity index (χ0v) is 9.58. The van der Waals surface area contributed by atoms with Crippen LogP contribution in [-0.2, 0) is 0 Å². The van der Waals surface area contributed by atoms with Gasteiger partial charge in [0.1, 0.15) is 5.75 Å². The van der Waals surface area contributed by atoms with Gasteiger partial charge in [0.2, 0.25) is 0 Å². The van der Waals surface area contributed by atoms with E-state index in [-0.39, 0.29) is 24.2 Å². The molecule has 1 atom stereocenters. The van der Waals surface area contributed by atoms with Crippen molar-refractivity contribution in [2.24, 2.45) is 11.5 Å². The maximum absolute atomic E-state index is 9.68. The summed E-state index contributed by atoms with van der Waals surface area (Å²) in [5.74, 6) is 0.276. The minimum absolute atomic E-state index is 0. The van der Waals surface area contributed by atoms with Crippen molar-refractivity contribution >= 4 is 23.2 Å². The Morgan fingerprint density at radius 1 is 1.06 bits per heavy atom. The molecule has 0 aromatic heterocycles. The third kappa shape index (κ3) is 2.11. The van der Waals surface area contributed by atoms with E-state index in [1.165, 1.54) is 0 Å². The topological polar surface area (TPSA) is 72.3 Å². The molecule has 2 aromatic carbocycles. The predicted octanol–water partition coefficient (Wildman–Crippen LogP) is 1.93. The SMILES string of the molecule is Cl.NC[C@@H](N)c1ccc(O)c2ccccc12. The first kappa shape index (κ1) is 12.8. The van der Waals surface area contributed by atoms with Gasteiger partial charge < -0.3 is 16.6 Å². The van der Waals surface area contributed by atoms with Gasteiger partial charge >= 0.3 is 0 Å². The van der Waals surface area contributed by atoms with E-state index in [4.69, 9.17) is 11.5 Å². The zero-order valence-electron chi connectivity index (χ0n) is 8.76. The highest BCUT2D eigenvalue weighted by atomic mass is 35.5. The number of phenolic OH excluding ortho intramolecular Hbond substituents is 1. The first-order valence-corrected chi connectivity index (χ1v) is 4.90. The molecule has 0 amide bonds. The second-order valence-electron chi connectivity index (χ2n) is 3.56. The van der Waals surface area contributed by atoms with Gasteiger partial charge in [-0.25, -0.2) is 0 Å². The Kier molecular flexibility index (Phi) is 4.12. The highest BCUT2D eigenvalue weighted by molar-refractivity contribution is 5.91. The van der Waals surface area contributed by atoms with Gasteiger partial charge in [0.05, 0.1) is 0 Å². The Balaban J connectivity index is 0.00000128. The van der Waals surface area contributed by atoms with Gasteiger partial charge in [0.15, 0.2) is 0 Å². The lowest BCUT2D eigenvalue weighted by molar-refractivity contribution is 0.481. The van der Waals surface area contributed by atoms with Crippen molar-refractivity contribution in [3.8, 4) is 5.75 Å². The molecule has 0 spiro atoms. The summed E-state index contributed by atoms with van der Waals surface area (Å²) in [6, 6.07) is 10.9. The summed E-state index contributed by atoms with van der Waals surface area (Å²) in [7, 11) is 0. The fourth-order valence-electron chi connectivity index (χ4n) is 1.76. The van der Waals surface area contributed by atoms with Crippen LogP contribution in [0.5, 0.6) is 5.75 Å². The van der Waals surface area contributed by atoms with E-state index >= 15 is 0 Å². The molecule has 0 bridgehead atoms. The highest BCUT2D eigenvalue weighted by Crippen LogP contribution is 2.29. The van der Waals surface area contributed by atoms with Crippen LogP contribution in [0.1, 0.15) is 11.6 Å². The van der Waals surface area contributed by atoms with E-state index in [1.54, 1.807) is 6.07 Å². The number of hydrogen-bond donors (Lipinski definition) is 3. The van der Waals surface area contributed by atoms with Crippen LogP contribution >= 0.6 is 12.4 Å². The summed E-state index contributed by atoms with van der Waals surface area (Å²) in [4.78, 5) is 0. The van der Waals surface area contributed by atoms with Crippen LogP contribution in [0.15, 0.2) is 36.4 Å². The highest BCUT2D eigenvalue weighted by Gasteiger charge is 2.09. The molecule has 2 aromatic rings. The predicted molar refractivity (Wildman–Crippen MR) is 68.8 cm³/mol. The van der Waals surface area contributed by atoms with Crippen molar-refractivity contribution in [1.29, 1.82) is 0 Å². The maximum atomic E-state index is 9.68. The molecule has 4 heteroatoms. The van der Waals surface area contributed by atoms with Crippen LogP contribution < -0.4 is 11.5 Å². The molecule has 5 N–H and O–H groups in total. The Morgan fingerprint density at radius 3 is 2.31 bits per heavy atom. The van der Waals surface area contributed by atoms with E-state index in [2.05, 4.69) is 0 Å². The molecule has 16 heavy (non-hydrogen) atoms. The van der Waals surface area contributed by atoms with Crippen LogP contribution in [0.3, 0.4) is 0 Å². The number of benzene rings is 2. The van der Waals surface area contributed by atoms with Crippen LogP contribution in [0.4, 0.5) is 0 Å². The van der Waals surface area contributed by atoms with Gasteiger partial charge in [-0.3, -0.25) is 0 Å². The molecule has 2 rings (SSSR count). The molecule has 86 valence electrons. The molecule has 0 aliphatic carbocycles. The van der Waals surface area contributed by atoms with Crippen LogP contribution in [0.25, 0.3) is 10.8 Å². The molecule has 0 radical (unpaired) electrons. The Bertz CT molecular complexity index is 487. The van der Waals surface area contributed by atoms with Gasteiger partial charge in [0.25, 0.3) is 0 Å². The van der Waals surface area contributed by atoms with Crippen LogP contribution in [0.2, 0.25) is 0 Å². The molecule has 0 aliphatic rings. The van der Waals surface area contributed by atoms with E-state index in [1.807, 2.05) is 30.3 Å². The maximum Gasteiger partial charge on any atom is 0.123 e. The molecule has 3 nitrogen and oxygen atoms in total. The molecule has 0 aliphatic heterocycles. The third-order valence-corrected chi connectivity index (χ3v) is 2.59. The third-order valence-electron chi connectivity index (χ3n) is 2.59. The standard InChI is InChI=1S/C12H14N2O.ClH/c13-7-11(14)9-5-6-12(15)10-4-2-1-3-8(9)10;/h1-6,11,15H,7,13-14H2;1H/t11-;/m1./s1. The minimum Gasteiger partial charge on any atom is -0.507 e. The summed E-state index contributed by atoms with van der Waals surface area (Å²) >= 11 is 0. The number of fused-ring (bicyclic) bond motifs is 1. The lowest BCUT2D eigenvalue weighted by atomic mass is 9.99. The lowest BCUT2D eigenvalue weighted by Crippen LogP contribution is -2.20. The van der Waals surface area contributed by atoms with Gasteiger partial charge in [-0.05, 0) is 17.0 Å². The summed E-state index contributed by atoms with van der Waals surface area (Å²) < 4.78 is 0. The average molecular weight is 239 g/mol. The quantitative estimate of drug-likeness (QED) is 0.749. The van der Waals surface area contributed by atoms with Crippen molar-refractivity contribution < 1.29 is 5.11 Å². The largest absolute Gasteiger partial charge is 0.507 e. The molecular weight excluding hydrogens is 224 g/mol. The van der Waals surface area contributed by atoms with E-state index < -0.39 is 0 Å². The number of rotatable bonds is 2. The lowest BCUT2D eigenvalue weighted by Gasteiger charge is -2.13. The average Bonchev–Trinajstić information content (AvgIpc) is 2.29. The monoisotopic (exact) mass is 238 g/mol. The van der Waals surface area contributed by atoms with Crippen LogP contribution in [0, 0.1) is 0 Å². The molecule has 0 heterocycles. The van der Waals surface area contributed by atoms with Crippen molar-refractivity contribution in [3.05, 3.63) is 42.0 Å². The second kappa shape index (κ2) is 5.16. The number of hydrogen-bond acceptors (Lipinski definition) is 3. The Morgan fingerprint density at radius 2 is 1.69 bits per heavy atom. The second-order valence-corrected chi connectivity index (χ2v) is 3.56. The van der Waals surface area contributed by atoms with Crippen LogP contribution in [-0.4, -0.2) is 11.7 Å². The fraction of sp³-hybridized carbons (Fsp3) is 0.167. The Labute approximate surface area is 100 Å². The number of aromatic hydroxyl groups is 1. The number of nitrogens with two attached hydrogens (primary N) is 2. The summed E-state index contributed by atoms with van der Waals surface area (Å²) in [6.45, 7) is 0.398. The van der Waals surface area contributed by atoms with Gasteiger partial charge in [-0.2, -0.15) is 0 Å². The summed E-state index contributed by atoms with van der Waals surface area (Å²) in [5.41, 5.74) is 12.4. The molecule has 0 unspecified atom stereocenters. The van der Waals surface area contributed by atoms with E-state index in [9.17, 15) is 5.11 Å². The molecule has 0 saturated carbocycles. The Hall–Kier alpha value is -1.29. The smallest absolute Gasteiger partial charge is 0.123 e. The normalized spacial score (nSPS) is 12.1. The fourth-order valence-corrected chi connectivity index (χ4v) is 1.76. The van der Waals surface area contributed by atoms with Crippen molar-refractivity contribution in [2.45, 2.75) is 6.04 Å². The zero-order chi connectivity index (χ0) is 10.8. The van der Waals surface area contributed by atoms with Crippen molar-refractivity contribution in [1.82, 2.24) is 0 Å². The first-order valence-electron chi connectivity index (χ1n) is 4.90. The summed E-state index contributed by atoms with van der Waals surface area (Å²) in [5, 5.41) is 11.5. The van der Waals surface area contributed by atoms with Gasteiger partial charge in [-0.15, -0.1) is 12.4 Å².